The van der Waals surface area contributed by atoms with Crippen molar-refractivity contribution in [1.29, 1.82) is 0 Å². The van der Waals surface area contributed by atoms with Gasteiger partial charge in [-0.25, -0.2) is 0 Å². The van der Waals surface area contributed by atoms with Gasteiger partial charge < -0.3 is 5.32 Å². The third-order valence-electron chi connectivity index (χ3n) is 2.61. The van der Waals surface area contributed by atoms with Crippen LogP contribution in [0.4, 0.5) is 5.13 Å². The summed E-state index contributed by atoms with van der Waals surface area (Å²) in [6, 6.07) is 0. The summed E-state index contributed by atoms with van der Waals surface area (Å²) in [6.45, 7) is 4.50. The molecule has 0 bridgehead atoms. The van der Waals surface area contributed by atoms with Crippen molar-refractivity contribution < 1.29 is 0 Å². The molecule has 0 aliphatic heterocycles. The van der Waals surface area contributed by atoms with Crippen LogP contribution in [0.1, 0.15) is 26.7 Å². The highest BCUT2D eigenvalue weighted by Gasteiger charge is 2.45. The van der Waals surface area contributed by atoms with E-state index >= 15 is 0 Å². The van der Waals surface area contributed by atoms with E-state index in [1.165, 1.54) is 12.8 Å². The van der Waals surface area contributed by atoms with Crippen molar-refractivity contribution in [3.63, 3.8) is 0 Å². The lowest BCUT2D eigenvalue weighted by Gasteiger charge is -2.20. The van der Waals surface area contributed by atoms with Gasteiger partial charge in [-0.1, -0.05) is 25.2 Å². The van der Waals surface area contributed by atoms with E-state index in [1.807, 2.05) is 0 Å². The maximum absolute atomic E-state index is 3.98. The van der Waals surface area contributed by atoms with E-state index in [4.69, 9.17) is 0 Å². The number of hydrogen-bond acceptors (Lipinski definition) is 4. The second-order valence-corrected chi connectivity index (χ2v) is 4.51. The molecular formula is C8H13N3S. The molecule has 66 valence electrons. The molecule has 1 fully saturated rings. The Morgan fingerprint density at radius 2 is 2.33 bits per heavy atom. The fourth-order valence-electron chi connectivity index (χ4n) is 1.42. The molecule has 1 aliphatic carbocycles. The summed E-state index contributed by atoms with van der Waals surface area (Å²) in [6.07, 6.45) is 2.54. The zero-order chi connectivity index (χ0) is 8.60. The van der Waals surface area contributed by atoms with Crippen LogP contribution in [0.15, 0.2) is 5.51 Å². The normalized spacial score (nSPS) is 19.6. The molecule has 2 rings (SSSR count). The molecule has 0 atom stereocenters. The van der Waals surface area contributed by atoms with E-state index in [-0.39, 0.29) is 0 Å². The lowest BCUT2D eigenvalue weighted by molar-refractivity contribution is 0.511. The summed E-state index contributed by atoms with van der Waals surface area (Å²) in [5.74, 6) is 0.682. The fourth-order valence-corrected chi connectivity index (χ4v) is 1.97. The van der Waals surface area contributed by atoms with E-state index in [1.54, 1.807) is 16.8 Å². The molecular weight excluding hydrogens is 170 g/mol. The van der Waals surface area contributed by atoms with Crippen LogP contribution >= 0.6 is 11.3 Å². The maximum Gasteiger partial charge on any atom is 0.205 e. The van der Waals surface area contributed by atoms with Crippen LogP contribution in [-0.4, -0.2) is 15.7 Å². The smallest absolute Gasteiger partial charge is 0.205 e. The molecule has 0 saturated heterocycles. The molecule has 1 aromatic heterocycles. The summed E-state index contributed by atoms with van der Waals surface area (Å²) in [5.41, 5.74) is 2.10. The largest absolute Gasteiger partial charge is 0.354 e. The highest BCUT2D eigenvalue weighted by Crippen LogP contribution is 2.45. The Morgan fingerprint density at radius 3 is 2.75 bits per heavy atom. The summed E-state index contributed by atoms with van der Waals surface area (Å²) < 4.78 is 0. The Balaban J connectivity index is 2.04. The number of aromatic nitrogens is 2. The van der Waals surface area contributed by atoms with E-state index in [2.05, 4.69) is 29.4 Å². The van der Waals surface area contributed by atoms with Crippen molar-refractivity contribution in [1.82, 2.24) is 10.2 Å². The topological polar surface area (TPSA) is 37.8 Å². The third-order valence-corrected chi connectivity index (χ3v) is 3.22. The van der Waals surface area contributed by atoms with Crippen LogP contribution in [0.3, 0.4) is 0 Å². The predicted octanol–water partition coefficient (Wildman–Crippen LogP) is 2.14. The van der Waals surface area contributed by atoms with Gasteiger partial charge >= 0.3 is 0 Å². The minimum atomic E-state index is 0.333. The Bertz CT molecular complexity index is 251. The fraction of sp³-hybridized carbons (Fsp3) is 0.750. The van der Waals surface area contributed by atoms with Gasteiger partial charge in [0, 0.05) is 5.54 Å². The Hall–Kier alpha value is -0.640. The van der Waals surface area contributed by atoms with Crippen molar-refractivity contribution in [3.8, 4) is 0 Å². The first kappa shape index (κ1) is 7.98. The average Bonchev–Trinajstić information content (AvgIpc) is 2.60. The van der Waals surface area contributed by atoms with Crippen LogP contribution in [-0.2, 0) is 0 Å². The van der Waals surface area contributed by atoms with Gasteiger partial charge in [0.1, 0.15) is 5.51 Å². The van der Waals surface area contributed by atoms with E-state index in [0.29, 0.717) is 11.5 Å². The molecule has 0 amide bonds. The minimum Gasteiger partial charge on any atom is -0.354 e. The van der Waals surface area contributed by atoms with E-state index in [9.17, 15) is 0 Å². The van der Waals surface area contributed by atoms with Gasteiger partial charge in [0.25, 0.3) is 0 Å². The first-order valence-electron chi connectivity index (χ1n) is 4.27. The van der Waals surface area contributed by atoms with Gasteiger partial charge in [0.2, 0.25) is 5.13 Å². The van der Waals surface area contributed by atoms with Gasteiger partial charge in [0.05, 0.1) is 0 Å². The first-order valence-corrected chi connectivity index (χ1v) is 5.15. The van der Waals surface area contributed by atoms with Gasteiger partial charge in [-0.3, -0.25) is 0 Å². The molecule has 3 nitrogen and oxygen atoms in total. The molecule has 4 heteroatoms. The predicted molar refractivity (Wildman–Crippen MR) is 50.3 cm³/mol. The zero-order valence-electron chi connectivity index (χ0n) is 7.37. The van der Waals surface area contributed by atoms with Crippen molar-refractivity contribution >= 4 is 16.5 Å². The maximum atomic E-state index is 3.98. The van der Waals surface area contributed by atoms with Crippen molar-refractivity contribution in [2.45, 2.75) is 32.2 Å². The molecule has 0 aromatic carbocycles. The molecule has 0 unspecified atom stereocenters. The standard InChI is InChI=1S/C8H13N3S/c1-6(2)8(3-4-8)10-7-11-9-5-12-7/h5-6H,3-4H2,1-2H3,(H,10,11). The lowest BCUT2D eigenvalue weighted by atomic mass is 10.0. The van der Waals surface area contributed by atoms with Crippen molar-refractivity contribution in [2.75, 3.05) is 5.32 Å². The zero-order valence-corrected chi connectivity index (χ0v) is 8.19. The van der Waals surface area contributed by atoms with Crippen LogP contribution in [0.25, 0.3) is 0 Å². The molecule has 1 aliphatic rings. The van der Waals surface area contributed by atoms with Crippen LogP contribution < -0.4 is 5.32 Å². The molecule has 1 saturated carbocycles. The SMILES string of the molecule is CC(C)C1(Nc2nncs2)CC1. The Labute approximate surface area is 76.2 Å². The monoisotopic (exact) mass is 183 g/mol. The lowest BCUT2D eigenvalue weighted by Crippen LogP contribution is -2.27. The minimum absolute atomic E-state index is 0.333. The molecule has 12 heavy (non-hydrogen) atoms. The number of nitrogens with one attached hydrogen (secondary N) is 1. The average molecular weight is 183 g/mol. The van der Waals surface area contributed by atoms with Crippen LogP contribution in [0, 0.1) is 5.92 Å². The van der Waals surface area contributed by atoms with Gasteiger partial charge in [-0.15, -0.1) is 10.2 Å². The highest BCUT2D eigenvalue weighted by molar-refractivity contribution is 7.13. The highest BCUT2D eigenvalue weighted by atomic mass is 32.1. The molecule has 1 heterocycles. The summed E-state index contributed by atoms with van der Waals surface area (Å²) in [5, 5.41) is 12.2. The van der Waals surface area contributed by atoms with Crippen LogP contribution in [0.2, 0.25) is 0 Å². The van der Waals surface area contributed by atoms with Crippen molar-refractivity contribution in [2.24, 2.45) is 5.92 Å². The number of nitrogens with zero attached hydrogens (tertiary/aromatic N) is 2. The quantitative estimate of drug-likeness (QED) is 0.780. The first-order chi connectivity index (χ1) is 5.73. The molecule has 0 radical (unpaired) electrons. The molecule has 1 N–H and O–H groups in total. The Morgan fingerprint density at radius 1 is 1.58 bits per heavy atom. The summed E-state index contributed by atoms with van der Waals surface area (Å²) in [7, 11) is 0. The third kappa shape index (κ3) is 1.31. The van der Waals surface area contributed by atoms with Crippen LogP contribution in [0.5, 0.6) is 0 Å². The van der Waals surface area contributed by atoms with E-state index in [0.717, 1.165) is 5.13 Å². The van der Waals surface area contributed by atoms with Gasteiger partial charge in [0.15, 0.2) is 0 Å². The van der Waals surface area contributed by atoms with Gasteiger partial charge in [-0.2, -0.15) is 0 Å². The van der Waals surface area contributed by atoms with Crippen molar-refractivity contribution in [3.05, 3.63) is 5.51 Å². The summed E-state index contributed by atoms with van der Waals surface area (Å²) >= 11 is 1.57. The number of rotatable bonds is 3. The number of anilines is 1. The van der Waals surface area contributed by atoms with E-state index < -0.39 is 0 Å². The Kier molecular flexibility index (Phi) is 1.79. The second kappa shape index (κ2) is 2.69. The second-order valence-electron chi connectivity index (χ2n) is 3.68. The molecule has 0 spiro atoms. The summed E-state index contributed by atoms with van der Waals surface area (Å²) in [4.78, 5) is 0. The molecule has 1 aromatic rings. The van der Waals surface area contributed by atoms with Gasteiger partial charge in [-0.05, 0) is 18.8 Å². The number of hydrogen-bond donors (Lipinski definition) is 1.